The van der Waals surface area contributed by atoms with Crippen LogP contribution in [0.4, 0.5) is 16.2 Å². The van der Waals surface area contributed by atoms with Gasteiger partial charge in [-0.25, -0.2) is 4.79 Å². The van der Waals surface area contributed by atoms with Crippen molar-refractivity contribution in [2.75, 3.05) is 36.4 Å². The summed E-state index contributed by atoms with van der Waals surface area (Å²) in [7, 11) is 0. The van der Waals surface area contributed by atoms with Crippen molar-refractivity contribution in [2.45, 2.75) is 6.92 Å². The van der Waals surface area contributed by atoms with Crippen LogP contribution < -0.4 is 10.2 Å². The van der Waals surface area contributed by atoms with Crippen molar-refractivity contribution < 1.29 is 9.59 Å². The van der Waals surface area contributed by atoms with Gasteiger partial charge in [0.25, 0.3) is 0 Å². The predicted octanol–water partition coefficient (Wildman–Crippen LogP) is 3.90. The fourth-order valence-electron chi connectivity index (χ4n) is 2.83. The van der Waals surface area contributed by atoms with Crippen molar-refractivity contribution in [1.29, 1.82) is 0 Å². The van der Waals surface area contributed by atoms with Gasteiger partial charge >= 0.3 is 6.03 Å². The number of piperazine rings is 1. The van der Waals surface area contributed by atoms with Gasteiger partial charge in [0.2, 0.25) is 0 Å². The number of benzene rings is 2. The number of halogens is 1. The summed E-state index contributed by atoms with van der Waals surface area (Å²) < 4.78 is 0. The molecular formula is C19H20ClN3O2. The number of amides is 2. The average Bonchev–Trinajstić information content (AvgIpc) is 2.64. The fourth-order valence-corrected chi connectivity index (χ4v) is 2.95. The Morgan fingerprint density at radius 1 is 1.00 bits per heavy atom. The summed E-state index contributed by atoms with van der Waals surface area (Å²) in [6, 6.07) is 14.6. The van der Waals surface area contributed by atoms with E-state index in [1.54, 1.807) is 36.1 Å². The van der Waals surface area contributed by atoms with Gasteiger partial charge in [-0.1, -0.05) is 23.7 Å². The number of carbonyl (C=O) groups is 2. The highest BCUT2D eigenvalue weighted by Gasteiger charge is 2.21. The second kappa shape index (κ2) is 7.57. The van der Waals surface area contributed by atoms with Gasteiger partial charge in [-0.15, -0.1) is 0 Å². The fraction of sp³-hybridized carbons (Fsp3) is 0.263. The SMILES string of the molecule is CC(=O)c1cccc(N2CCN(C(=O)Nc3ccc(Cl)cc3)CC2)c1. The zero-order chi connectivity index (χ0) is 17.8. The molecule has 0 unspecified atom stereocenters. The number of rotatable bonds is 3. The lowest BCUT2D eigenvalue weighted by molar-refractivity contribution is 0.101. The highest BCUT2D eigenvalue weighted by Crippen LogP contribution is 2.19. The molecular weight excluding hydrogens is 338 g/mol. The number of hydrogen-bond acceptors (Lipinski definition) is 3. The maximum atomic E-state index is 12.4. The lowest BCUT2D eigenvalue weighted by Gasteiger charge is -2.36. The first-order valence-electron chi connectivity index (χ1n) is 8.20. The van der Waals surface area contributed by atoms with Crippen molar-refractivity contribution in [2.24, 2.45) is 0 Å². The number of urea groups is 1. The van der Waals surface area contributed by atoms with Crippen LogP contribution in [0.25, 0.3) is 0 Å². The van der Waals surface area contributed by atoms with Crippen LogP contribution in [-0.2, 0) is 0 Å². The minimum Gasteiger partial charge on any atom is -0.368 e. The molecule has 130 valence electrons. The van der Waals surface area contributed by atoms with Crippen LogP contribution >= 0.6 is 11.6 Å². The van der Waals surface area contributed by atoms with E-state index in [1.165, 1.54) is 0 Å². The average molecular weight is 358 g/mol. The Labute approximate surface area is 152 Å². The van der Waals surface area contributed by atoms with E-state index in [2.05, 4.69) is 10.2 Å². The van der Waals surface area contributed by atoms with Gasteiger partial charge < -0.3 is 15.1 Å². The van der Waals surface area contributed by atoms with Crippen LogP contribution in [0.1, 0.15) is 17.3 Å². The molecule has 3 rings (SSSR count). The lowest BCUT2D eigenvalue weighted by Crippen LogP contribution is -2.50. The summed E-state index contributed by atoms with van der Waals surface area (Å²) in [6.45, 7) is 4.29. The first kappa shape index (κ1) is 17.3. The highest BCUT2D eigenvalue weighted by atomic mass is 35.5. The maximum absolute atomic E-state index is 12.4. The molecule has 6 heteroatoms. The predicted molar refractivity (Wildman–Crippen MR) is 101 cm³/mol. The Hall–Kier alpha value is -2.53. The van der Waals surface area contributed by atoms with Crippen molar-refractivity contribution in [1.82, 2.24) is 4.90 Å². The lowest BCUT2D eigenvalue weighted by atomic mass is 10.1. The Kier molecular flexibility index (Phi) is 5.24. The van der Waals surface area contributed by atoms with E-state index >= 15 is 0 Å². The van der Waals surface area contributed by atoms with Gasteiger partial charge in [-0.3, -0.25) is 4.79 Å². The molecule has 1 heterocycles. The van der Waals surface area contributed by atoms with Gasteiger partial charge in [-0.05, 0) is 43.3 Å². The summed E-state index contributed by atoms with van der Waals surface area (Å²) in [5.41, 5.74) is 2.46. The monoisotopic (exact) mass is 357 g/mol. The molecule has 1 fully saturated rings. The molecule has 25 heavy (non-hydrogen) atoms. The minimum atomic E-state index is -0.112. The Balaban J connectivity index is 1.58. The molecule has 1 N–H and O–H groups in total. The molecule has 0 atom stereocenters. The van der Waals surface area contributed by atoms with Gasteiger partial charge in [0, 0.05) is 48.1 Å². The highest BCUT2D eigenvalue weighted by molar-refractivity contribution is 6.30. The molecule has 1 aliphatic heterocycles. The van der Waals surface area contributed by atoms with Crippen LogP contribution in [0, 0.1) is 0 Å². The zero-order valence-electron chi connectivity index (χ0n) is 14.0. The second-order valence-corrected chi connectivity index (χ2v) is 6.45. The molecule has 5 nitrogen and oxygen atoms in total. The smallest absolute Gasteiger partial charge is 0.321 e. The van der Waals surface area contributed by atoms with Crippen molar-refractivity contribution in [3.05, 3.63) is 59.1 Å². The quantitative estimate of drug-likeness (QED) is 0.848. The first-order chi connectivity index (χ1) is 12.0. The Morgan fingerprint density at radius 2 is 1.68 bits per heavy atom. The molecule has 1 aliphatic rings. The zero-order valence-corrected chi connectivity index (χ0v) is 14.8. The van der Waals surface area contributed by atoms with Crippen LogP contribution in [0.15, 0.2) is 48.5 Å². The number of nitrogens with one attached hydrogen (secondary N) is 1. The van der Waals surface area contributed by atoms with Crippen molar-refractivity contribution in [3.8, 4) is 0 Å². The van der Waals surface area contributed by atoms with Crippen LogP contribution in [0.2, 0.25) is 5.02 Å². The van der Waals surface area contributed by atoms with Crippen LogP contribution in [-0.4, -0.2) is 42.9 Å². The van der Waals surface area contributed by atoms with E-state index in [-0.39, 0.29) is 11.8 Å². The molecule has 2 amide bonds. The first-order valence-corrected chi connectivity index (χ1v) is 8.58. The van der Waals surface area contributed by atoms with Crippen LogP contribution in [0.5, 0.6) is 0 Å². The van der Waals surface area contributed by atoms with E-state index in [0.717, 1.165) is 24.5 Å². The summed E-state index contributed by atoms with van der Waals surface area (Å²) >= 11 is 5.85. The molecule has 0 aliphatic carbocycles. The topological polar surface area (TPSA) is 52.7 Å². The second-order valence-electron chi connectivity index (χ2n) is 6.02. The maximum Gasteiger partial charge on any atom is 0.321 e. The molecule has 0 radical (unpaired) electrons. The number of nitrogens with zero attached hydrogens (tertiary/aromatic N) is 2. The van der Waals surface area contributed by atoms with Gasteiger partial charge in [0.1, 0.15) is 0 Å². The van der Waals surface area contributed by atoms with Crippen LogP contribution in [0.3, 0.4) is 0 Å². The number of ketones is 1. The normalized spacial score (nSPS) is 14.3. The standard InChI is InChI=1S/C19H20ClN3O2/c1-14(24)15-3-2-4-18(13-15)22-9-11-23(12-10-22)19(25)21-17-7-5-16(20)6-8-17/h2-8,13H,9-12H2,1H3,(H,21,25). The van der Waals surface area contributed by atoms with Crippen molar-refractivity contribution >= 4 is 34.8 Å². The number of Topliss-reactive ketones (excluding diaryl/α,β-unsaturated/α-hetero) is 1. The molecule has 2 aromatic carbocycles. The number of anilines is 2. The van der Waals surface area contributed by atoms with E-state index in [4.69, 9.17) is 11.6 Å². The van der Waals surface area contributed by atoms with E-state index in [0.29, 0.717) is 23.7 Å². The number of carbonyl (C=O) groups excluding carboxylic acids is 2. The molecule has 1 saturated heterocycles. The Morgan fingerprint density at radius 3 is 2.32 bits per heavy atom. The molecule has 0 bridgehead atoms. The van der Waals surface area contributed by atoms with Gasteiger partial charge in [0.05, 0.1) is 0 Å². The molecule has 0 aromatic heterocycles. The van der Waals surface area contributed by atoms with Gasteiger partial charge in [-0.2, -0.15) is 0 Å². The molecule has 0 saturated carbocycles. The largest absolute Gasteiger partial charge is 0.368 e. The van der Waals surface area contributed by atoms with E-state index in [9.17, 15) is 9.59 Å². The molecule has 2 aromatic rings. The third kappa shape index (κ3) is 4.31. The summed E-state index contributed by atoms with van der Waals surface area (Å²) in [5.74, 6) is 0.0582. The summed E-state index contributed by atoms with van der Waals surface area (Å²) in [5, 5.41) is 3.52. The summed E-state index contributed by atoms with van der Waals surface area (Å²) in [4.78, 5) is 27.9. The van der Waals surface area contributed by atoms with E-state index in [1.807, 2.05) is 24.3 Å². The number of hydrogen-bond donors (Lipinski definition) is 1. The Bertz CT molecular complexity index is 768. The van der Waals surface area contributed by atoms with Crippen molar-refractivity contribution in [3.63, 3.8) is 0 Å². The third-order valence-corrected chi connectivity index (χ3v) is 4.53. The minimum absolute atomic E-state index is 0.0582. The molecule has 0 spiro atoms. The third-order valence-electron chi connectivity index (χ3n) is 4.28. The van der Waals surface area contributed by atoms with Gasteiger partial charge in [0.15, 0.2) is 5.78 Å². The van der Waals surface area contributed by atoms with E-state index < -0.39 is 0 Å². The summed E-state index contributed by atoms with van der Waals surface area (Å²) in [6.07, 6.45) is 0.